The Balaban J connectivity index is 1.22. The van der Waals surface area contributed by atoms with Crippen LogP contribution in [0.4, 0.5) is 5.69 Å². The zero-order valence-corrected chi connectivity index (χ0v) is 18.3. The van der Waals surface area contributed by atoms with Crippen molar-refractivity contribution in [2.24, 2.45) is 0 Å². The van der Waals surface area contributed by atoms with E-state index in [0.29, 0.717) is 12.1 Å². The monoisotopic (exact) mass is 430 g/mol. The van der Waals surface area contributed by atoms with Gasteiger partial charge in [0.15, 0.2) is 0 Å². The topological polar surface area (TPSA) is 70.2 Å². The number of piperidine rings is 1. The molecule has 0 saturated carbocycles. The molecule has 2 N–H and O–H groups in total. The highest BCUT2D eigenvalue weighted by Gasteiger charge is 2.17. The Hall–Kier alpha value is -3.12. The number of aromatic amines is 1. The van der Waals surface area contributed by atoms with Crippen molar-refractivity contribution in [2.45, 2.75) is 38.2 Å². The molecule has 0 radical (unpaired) electrons. The third-order valence-corrected chi connectivity index (χ3v) is 6.43. The van der Waals surface area contributed by atoms with E-state index in [4.69, 9.17) is 4.74 Å². The summed E-state index contributed by atoms with van der Waals surface area (Å²) in [5.41, 5.74) is 5.90. The van der Waals surface area contributed by atoms with Crippen LogP contribution in [0.1, 0.15) is 42.5 Å². The average Bonchev–Trinajstić information content (AvgIpc) is 3.56. The number of ether oxygens (including phenoxy) is 1. The lowest BCUT2D eigenvalue weighted by Crippen LogP contribution is -2.31. The second kappa shape index (κ2) is 9.57. The number of rotatable bonds is 6. The number of benzene rings is 2. The Kier molecular flexibility index (Phi) is 6.21. The van der Waals surface area contributed by atoms with Crippen LogP contribution in [-0.2, 0) is 4.74 Å². The number of nitrogens with one attached hydrogen (secondary N) is 2. The molecule has 0 aliphatic carbocycles. The van der Waals surface area contributed by atoms with Gasteiger partial charge in [-0.3, -0.25) is 9.89 Å². The molecule has 2 aliphatic heterocycles. The number of carbonyl (C=O) groups is 1. The highest BCUT2D eigenvalue weighted by Crippen LogP contribution is 2.27. The fourth-order valence-electron chi connectivity index (χ4n) is 4.53. The summed E-state index contributed by atoms with van der Waals surface area (Å²) >= 11 is 0. The molecule has 3 heterocycles. The maximum Gasteiger partial charge on any atom is 0.251 e. The van der Waals surface area contributed by atoms with E-state index in [9.17, 15) is 4.79 Å². The molecule has 0 spiro atoms. The molecule has 166 valence electrons. The Morgan fingerprint density at radius 1 is 1.00 bits per heavy atom. The second-order valence-corrected chi connectivity index (χ2v) is 8.68. The molecule has 5 rings (SSSR count). The lowest BCUT2D eigenvalue weighted by atomic mass is 10.1. The maximum absolute atomic E-state index is 12.4. The number of nitrogens with zero attached hydrogens (tertiary/aromatic N) is 2. The predicted molar refractivity (Wildman–Crippen MR) is 127 cm³/mol. The van der Waals surface area contributed by atoms with E-state index in [1.54, 1.807) is 0 Å². The summed E-state index contributed by atoms with van der Waals surface area (Å²) in [7, 11) is 0. The van der Waals surface area contributed by atoms with Gasteiger partial charge in [-0.1, -0.05) is 24.3 Å². The Labute approximate surface area is 189 Å². The first kappa shape index (κ1) is 20.8. The molecule has 6 nitrogen and oxygen atoms in total. The fourth-order valence-corrected chi connectivity index (χ4v) is 4.53. The van der Waals surface area contributed by atoms with Crippen molar-refractivity contribution in [1.82, 2.24) is 15.5 Å². The van der Waals surface area contributed by atoms with E-state index in [0.717, 1.165) is 55.1 Å². The standard InChI is InChI=1S/C26H30N4O2/c31-26(27-18-23-5-4-16-32-23)21-8-6-19(7-9-21)24-17-25(29-28-24)20-10-12-22(13-11-20)30-14-2-1-3-15-30/h6-13,17,23H,1-5,14-16,18H2,(H,27,31)(H,28,29). The molecular formula is C26H30N4O2. The van der Waals surface area contributed by atoms with E-state index >= 15 is 0 Å². The Bertz CT molecular complexity index is 1030. The van der Waals surface area contributed by atoms with Gasteiger partial charge in [-0.25, -0.2) is 0 Å². The number of anilines is 1. The molecule has 1 amide bonds. The van der Waals surface area contributed by atoms with Gasteiger partial charge in [0.2, 0.25) is 0 Å². The first-order chi connectivity index (χ1) is 15.8. The molecule has 6 heteroatoms. The molecular weight excluding hydrogens is 400 g/mol. The maximum atomic E-state index is 12.4. The minimum Gasteiger partial charge on any atom is -0.376 e. The SMILES string of the molecule is O=C(NCC1CCCO1)c1ccc(-c2cc(-c3ccc(N4CCCCC4)cc3)n[nH]2)cc1. The van der Waals surface area contributed by atoms with E-state index in [2.05, 4.69) is 50.7 Å². The molecule has 3 aromatic rings. The summed E-state index contributed by atoms with van der Waals surface area (Å²) in [4.78, 5) is 14.8. The average molecular weight is 431 g/mol. The van der Waals surface area contributed by atoms with Crippen LogP contribution in [0.15, 0.2) is 54.6 Å². The van der Waals surface area contributed by atoms with Crippen molar-refractivity contribution in [1.29, 1.82) is 0 Å². The lowest BCUT2D eigenvalue weighted by Gasteiger charge is -2.28. The largest absolute Gasteiger partial charge is 0.376 e. The molecule has 2 saturated heterocycles. The van der Waals surface area contributed by atoms with Gasteiger partial charge in [0.25, 0.3) is 5.91 Å². The summed E-state index contributed by atoms with van der Waals surface area (Å²) in [6.45, 7) is 3.66. The highest BCUT2D eigenvalue weighted by molar-refractivity contribution is 5.94. The van der Waals surface area contributed by atoms with Crippen LogP contribution in [0.25, 0.3) is 22.5 Å². The van der Waals surface area contributed by atoms with Crippen molar-refractivity contribution in [3.63, 3.8) is 0 Å². The number of H-pyrrole nitrogens is 1. The minimum absolute atomic E-state index is 0.0638. The van der Waals surface area contributed by atoms with E-state index in [1.165, 1.54) is 24.9 Å². The molecule has 1 atom stereocenters. The highest BCUT2D eigenvalue weighted by atomic mass is 16.5. The Morgan fingerprint density at radius 2 is 1.75 bits per heavy atom. The van der Waals surface area contributed by atoms with Crippen LogP contribution < -0.4 is 10.2 Å². The Morgan fingerprint density at radius 3 is 2.47 bits per heavy atom. The molecule has 2 fully saturated rings. The summed E-state index contributed by atoms with van der Waals surface area (Å²) in [5.74, 6) is -0.0638. The third-order valence-electron chi connectivity index (χ3n) is 6.43. The van der Waals surface area contributed by atoms with Gasteiger partial charge in [0.05, 0.1) is 17.5 Å². The normalized spacial score (nSPS) is 18.6. The van der Waals surface area contributed by atoms with Crippen LogP contribution in [-0.4, -0.2) is 48.4 Å². The zero-order valence-electron chi connectivity index (χ0n) is 18.3. The minimum atomic E-state index is -0.0638. The summed E-state index contributed by atoms with van der Waals surface area (Å²) in [6.07, 6.45) is 6.13. The van der Waals surface area contributed by atoms with Crippen LogP contribution in [0.2, 0.25) is 0 Å². The number of aromatic nitrogens is 2. The molecule has 2 aromatic carbocycles. The smallest absolute Gasteiger partial charge is 0.251 e. The molecule has 1 unspecified atom stereocenters. The molecule has 0 bridgehead atoms. The first-order valence-corrected chi connectivity index (χ1v) is 11.7. The third kappa shape index (κ3) is 4.70. The van der Waals surface area contributed by atoms with Gasteiger partial charge in [-0.2, -0.15) is 5.10 Å². The van der Waals surface area contributed by atoms with Crippen LogP contribution >= 0.6 is 0 Å². The van der Waals surface area contributed by atoms with Gasteiger partial charge >= 0.3 is 0 Å². The van der Waals surface area contributed by atoms with Crippen molar-refractivity contribution in [2.75, 3.05) is 31.1 Å². The van der Waals surface area contributed by atoms with Gasteiger partial charge in [-0.15, -0.1) is 0 Å². The lowest BCUT2D eigenvalue weighted by molar-refractivity contribution is 0.0858. The first-order valence-electron chi connectivity index (χ1n) is 11.7. The molecule has 32 heavy (non-hydrogen) atoms. The number of carbonyl (C=O) groups excluding carboxylic acids is 1. The quantitative estimate of drug-likeness (QED) is 0.598. The van der Waals surface area contributed by atoms with E-state index < -0.39 is 0 Å². The summed E-state index contributed by atoms with van der Waals surface area (Å²) in [6, 6.07) is 18.4. The van der Waals surface area contributed by atoms with Gasteiger partial charge < -0.3 is 15.0 Å². The van der Waals surface area contributed by atoms with Crippen molar-refractivity contribution in [3.05, 3.63) is 60.2 Å². The zero-order chi connectivity index (χ0) is 21.8. The summed E-state index contributed by atoms with van der Waals surface area (Å²) < 4.78 is 5.56. The van der Waals surface area contributed by atoms with Gasteiger partial charge in [-0.05, 0) is 68.0 Å². The van der Waals surface area contributed by atoms with Gasteiger partial charge in [0.1, 0.15) is 0 Å². The predicted octanol–water partition coefficient (Wildman–Crippen LogP) is 4.64. The van der Waals surface area contributed by atoms with Crippen molar-refractivity contribution in [3.8, 4) is 22.5 Å². The van der Waals surface area contributed by atoms with E-state index in [-0.39, 0.29) is 12.0 Å². The number of hydrogen-bond donors (Lipinski definition) is 2. The number of hydrogen-bond acceptors (Lipinski definition) is 4. The van der Waals surface area contributed by atoms with E-state index in [1.807, 2.05) is 24.3 Å². The van der Waals surface area contributed by atoms with Crippen molar-refractivity contribution >= 4 is 11.6 Å². The molecule has 1 aromatic heterocycles. The van der Waals surface area contributed by atoms with Crippen LogP contribution in [0.5, 0.6) is 0 Å². The van der Waals surface area contributed by atoms with Gasteiger partial charge in [0, 0.05) is 43.1 Å². The summed E-state index contributed by atoms with van der Waals surface area (Å²) in [5, 5.41) is 10.6. The second-order valence-electron chi connectivity index (χ2n) is 8.68. The van der Waals surface area contributed by atoms with Crippen LogP contribution in [0.3, 0.4) is 0 Å². The number of amides is 1. The van der Waals surface area contributed by atoms with Crippen molar-refractivity contribution < 1.29 is 9.53 Å². The molecule has 2 aliphatic rings. The fraction of sp³-hybridized carbons (Fsp3) is 0.385. The van der Waals surface area contributed by atoms with Crippen LogP contribution in [0, 0.1) is 0 Å².